The number of carbonyl (C=O) groups is 1. The molecule has 1 N–H and O–H groups in total. The van der Waals surface area contributed by atoms with E-state index in [2.05, 4.69) is 5.32 Å². The largest absolute Gasteiger partial charge is 0.373 e. The number of hydrogen-bond acceptors (Lipinski definition) is 3. The minimum absolute atomic E-state index is 0.0260. The molecule has 1 aliphatic heterocycles. The first-order chi connectivity index (χ1) is 9.11. The normalized spacial score (nSPS) is 19.5. The van der Waals surface area contributed by atoms with Crippen LogP contribution in [0.3, 0.4) is 0 Å². The number of morpholine rings is 1. The van der Waals surface area contributed by atoms with Crippen LogP contribution in [0, 0.1) is 5.82 Å². The Morgan fingerprint density at radius 3 is 3.11 bits per heavy atom. The molecule has 0 aromatic heterocycles. The van der Waals surface area contributed by atoms with Crippen LogP contribution in [-0.2, 0) is 4.74 Å². The Labute approximate surface area is 116 Å². The number of carbonyl (C=O) groups excluding carboxylic acids is 1. The highest BCUT2D eigenvalue weighted by molar-refractivity contribution is 6.33. The van der Waals surface area contributed by atoms with E-state index in [9.17, 15) is 9.18 Å². The Morgan fingerprint density at radius 2 is 2.42 bits per heavy atom. The Kier molecular flexibility index (Phi) is 4.74. The lowest BCUT2D eigenvalue weighted by molar-refractivity contribution is -0.0196. The van der Waals surface area contributed by atoms with E-state index in [1.165, 1.54) is 12.1 Å². The van der Waals surface area contributed by atoms with E-state index in [0.29, 0.717) is 31.8 Å². The van der Waals surface area contributed by atoms with Crippen LogP contribution in [0.5, 0.6) is 0 Å². The standard InChI is InChI=1S/C13H16ClFN2O2/c1-16-7-10-8-17(4-5-19-10)13(18)11-3-2-9(15)6-12(11)14/h2-3,6,10,16H,4-5,7-8H2,1H3. The number of likely N-dealkylation sites (N-methyl/N-ethyl adjacent to an activating group) is 1. The van der Waals surface area contributed by atoms with Crippen LogP contribution >= 0.6 is 11.6 Å². The van der Waals surface area contributed by atoms with Crippen LogP contribution in [0.1, 0.15) is 10.4 Å². The second-order valence-corrected chi connectivity index (χ2v) is 4.83. The molecule has 1 heterocycles. The molecule has 0 saturated carbocycles. The average Bonchev–Trinajstić information content (AvgIpc) is 2.39. The first kappa shape index (κ1) is 14.2. The van der Waals surface area contributed by atoms with Crippen LogP contribution in [0.15, 0.2) is 18.2 Å². The van der Waals surface area contributed by atoms with Gasteiger partial charge in [0.1, 0.15) is 5.82 Å². The lowest BCUT2D eigenvalue weighted by atomic mass is 10.1. The summed E-state index contributed by atoms with van der Waals surface area (Å²) in [6.07, 6.45) is -0.0260. The maximum absolute atomic E-state index is 13.0. The zero-order chi connectivity index (χ0) is 13.8. The highest BCUT2D eigenvalue weighted by Crippen LogP contribution is 2.20. The van der Waals surface area contributed by atoms with Crippen LogP contribution in [0.4, 0.5) is 4.39 Å². The molecular formula is C13H16ClFN2O2. The number of benzene rings is 1. The third kappa shape index (κ3) is 3.43. The van der Waals surface area contributed by atoms with E-state index in [1.807, 2.05) is 7.05 Å². The van der Waals surface area contributed by atoms with Crippen molar-refractivity contribution >= 4 is 17.5 Å². The molecule has 1 atom stereocenters. The zero-order valence-electron chi connectivity index (χ0n) is 10.7. The van der Waals surface area contributed by atoms with Gasteiger partial charge in [0.2, 0.25) is 0 Å². The van der Waals surface area contributed by atoms with Crippen molar-refractivity contribution in [1.29, 1.82) is 0 Å². The smallest absolute Gasteiger partial charge is 0.255 e. The molecule has 0 bridgehead atoms. The summed E-state index contributed by atoms with van der Waals surface area (Å²) in [4.78, 5) is 14.0. The molecule has 6 heteroatoms. The molecule has 1 aliphatic rings. The van der Waals surface area contributed by atoms with Crippen LogP contribution in [0.25, 0.3) is 0 Å². The van der Waals surface area contributed by atoms with E-state index in [4.69, 9.17) is 16.3 Å². The minimum atomic E-state index is -0.448. The molecule has 104 valence electrons. The summed E-state index contributed by atoms with van der Waals surface area (Å²) in [6.45, 7) is 2.21. The van der Waals surface area contributed by atoms with Gasteiger partial charge in [-0.25, -0.2) is 4.39 Å². The van der Waals surface area contributed by atoms with E-state index in [1.54, 1.807) is 4.90 Å². The van der Waals surface area contributed by atoms with E-state index < -0.39 is 5.82 Å². The van der Waals surface area contributed by atoms with Gasteiger partial charge in [-0.3, -0.25) is 4.79 Å². The van der Waals surface area contributed by atoms with Gasteiger partial charge in [-0.1, -0.05) is 11.6 Å². The summed E-state index contributed by atoms with van der Waals surface area (Å²) in [6, 6.07) is 3.81. The third-order valence-electron chi connectivity index (χ3n) is 3.02. The molecule has 0 aliphatic carbocycles. The molecular weight excluding hydrogens is 271 g/mol. The number of halogens is 2. The van der Waals surface area contributed by atoms with Gasteiger partial charge >= 0.3 is 0 Å². The Morgan fingerprint density at radius 1 is 1.63 bits per heavy atom. The van der Waals surface area contributed by atoms with Crippen molar-refractivity contribution in [3.05, 3.63) is 34.6 Å². The molecule has 1 saturated heterocycles. The van der Waals surface area contributed by atoms with Gasteiger partial charge in [0, 0.05) is 19.6 Å². The van der Waals surface area contributed by atoms with Crippen LogP contribution < -0.4 is 5.32 Å². The molecule has 0 radical (unpaired) electrons. The summed E-state index contributed by atoms with van der Waals surface area (Å²) < 4.78 is 18.5. The second-order valence-electron chi connectivity index (χ2n) is 4.43. The lowest BCUT2D eigenvalue weighted by Crippen LogP contribution is -2.48. The zero-order valence-corrected chi connectivity index (χ0v) is 11.4. The maximum atomic E-state index is 13.0. The van der Waals surface area contributed by atoms with Gasteiger partial charge in [-0.2, -0.15) is 0 Å². The van der Waals surface area contributed by atoms with Gasteiger partial charge in [0.15, 0.2) is 0 Å². The highest BCUT2D eigenvalue weighted by atomic mass is 35.5. The summed E-state index contributed by atoms with van der Waals surface area (Å²) in [5, 5.41) is 3.16. The van der Waals surface area contributed by atoms with Gasteiger partial charge in [-0.05, 0) is 25.2 Å². The first-order valence-corrected chi connectivity index (χ1v) is 6.50. The molecule has 1 fully saturated rings. The summed E-state index contributed by atoms with van der Waals surface area (Å²) in [5.74, 6) is -0.633. The monoisotopic (exact) mass is 286 g/mol. The molecule has 4 nitrogen and oxygen atoms in total. The van der Waals surface area contributed by atoms with Gasteiger partial charge in [-0.15, -0.1) is 0 Å². The van der Waals surface area contributed by atoms with E-state index in [0.717, 1.165) is 6.07 Å². The maximum Gasteiger partial charge on any atom is 0.255 e. The molecule has 2 rings (SSSR count). The third-order valence-corrected chi connectivity index (χ3v) is 3.33. The number of hydrogen-bond donors (Lipinski definition) is 1. The van der Waals surface area contributed by atoms with Gasteiger partial charge < -0.3 is 15.0 Å². The van der Waals surface area contributed by atoms with Gasteiger partial charge in [0.05, 0.1) is 23.3 Å². The fourth-order valence-electron chi connectivity index (χ4n) is 2.09. The van der Waals surface area contributed by atoms with Crippen molar-refractivity contribution < 1.29 is 13.9 Å². The number of amides is 1. The predicted molar refractivity (Wildman–Crippen MR) is 71.0 cm³/mol. The molecule has 19 heavy (non-hydrogen) atoms. The van der Waals surface area contributed by atoms with Crippen molar-refractivity contribution in [2.24, 2.45) is 0 Å². The van der Waals surface area contributed by atoms with Crippen molar-refractivity contribution in [3.8, 4) is 0 Å². The number of nitrogens with one attached hydrogen (secondary N) is 1. The SMILES string of the molecule is CNCC1CN(C(=O)c2ccc(F)cc2Cl)CCO1. The second kappa shape index (κ2) is 6.32. The molecule has 1 aromatic carbocycles. The molecule has 1 unspecified atom stereocenters. The van der Waals surface area contributed by atoms with E-state index >= 15 is 0 Å². The number of ether oxygens (including phenoxy) is 1. The number of nitrogens with zero attached hydrogens (tertiary/aromatic N) is 1. The predicted octanol–water partition coefficient (Wildman–Crippen LogP) is 1.54. The fourth-order valence-corrected chi connectivity index (χ4v) is 2.34. The lowest BCUT2D eigenvalue weighted by Gasteiger charge is -2.33. The molecule has 1 aromatic rings. The molecule has 0 spiro atoms. The highest BCUT2D eigenvalue weighted by Gasteiger charge is 2.25. The Bertz CT molecular complexity index is 468. The van der Waals surface area contributed by atoms with Crippen molar-refractivity contribution in [2.45, 2.75) is 6.10 Å². The fraction of sp³-hybridized carbons (Fsp3) is 0.462. The number of rotatable bonds is 3. The van der Waals surface area contributed by atoms with Crippen molar-refractivity contribution in [3.63, 3.8) is 0 Å². The first-order valence-electron chi connectivity index (χ1n) is 6.12. The van der Waals surface area contributed by atoms with Crippen molar-refractivity contribution in [1.82, 2.24) is 10.2 Å². The van der Waals surface area contributed by atoms with Crippen molar-refractivity contribution in [2.75, 3.05) is 33.3 Å². The van der Waals surface area contributed by atoms with Crippen LogP contribution in [0.2, 0.25) is 5.02 Å². The Hall–Kier alpha value is -1.17. The summed E-state index contributed by atoms with van der Waals surface area (Å²) in [7, 11) is 1.83. The topological polar surface area (TPSA) is 41.6 Å². The quantitative estimate of drug-likeness (QED) is 0.916. The Balaban J connectivity index is 2.10. The van der Waals surface area contributed by atoms with Crippen LogP contribution in [-0.4, -0.2) is 50.2 Å². The summed E-state index contributed by atoms with van der Waals surface area (Å²) in [5.41, 5.74) is 0.327. The minimum Gasteiger partial charge on any atom is -0.373 e. The van der Waals surface area contributed by atoms with E-state index in [-0.39, 0.29) is 17.0 Å². The molecule has 1 amide bonds. The average molecular weight is 287 g/mol. The van der Waals surface area contributed by atoms with Gasteiger partial charge in [0.25, 0.3) is 5.91 Å². The summed E-state index contributed by atoms with van der Waals surface area (Å²) >= 11 is 5.91.